The molecule has 0 radical (unpaired) electrons. The van der Waals surface area contributed by atoms with Gasteiger partial charge in [0.1, 0.15) is 0 Å². The van der Waals surface area contributed by atoms with E-state index in [1.54, 1.807) is 18.6 Å². The van der Waals surface area contributed by atoms with Crippen molar-refractivity contribution in [2.24, 2.45) is 0 Å². The smallest absolute Gasteiger partial charge is 0.257 e. The van der Waals surface area contributed by atoms with E-state index in [1.165, 1.54) is 0 Å². The zero-order valence-corrected chi connectivity index (χ0v) is 16.3. The van der Waals surface area contributed by atoms with Crippen LogP contribution in [0.3, 0.4) is 0 Å². The Morgan fingerprint density at radius 3 is 2.72 bits per heavy atom. The van der Waals surface area contributed by atoms with Gasteiger partial charge in [-0.1, -0.05) is 24.3 Å². The fraction of sp³-hybridized carbons (Fsp3) is 0.130. The Hall–Kier alpha value is -3.80. The molecular formula is C23H21N5O. The third kappa shape index (κ3) is 4.21. The van der Waals surface area contributed by atoms with E-state index in [0.29, 0.717) is 5.56 Å². The van der Waals surface area contributed by atoms with Gasteiger partial charge >= 0.3 is 0 Å². The number of pyridine rings is 2. The second-order valence-corrected chi connectivity index (χ2v) is 6.99. The first-order valence-electron chi connectivity index (χ1n) is 9.44. The molecule has 3 heterocycles. The van der Waals surface area contributed by atoms with Gasteiger partial charge in [0, 0.05) is 29.5 Å². The summed E-state index contributed by atoms with van der Waals surface area (Å²) in [5, 5.41) is 8.13. The molecule has 6 heteroatoms. The molecule has 144 valence electrons. The van der Waals surface area contributed by atoms with Crippen molar-refractivity contribution in [3.63, 3.8) is 0 Å². The number of anilines is 1. The number of fused-ring (bicyclic) bond motifs is 1. The van der Waals surface area contributed by atoms with Crippen LogP contribution in [-0.2, 0) is 0 Å². The highest BCUT2D eigenvalue weighted by Gasteiger charge is 2.12. The minimum Gasteiger partial charge on any atom is -0.322 e. The summed E-state index contributed by atoms with van der Waals surface area (Å²) in [5.41, 5.74) is 3.84. The van der Waals surface area contributed by atoms with Crippen molar-refractivity contribution in [2.75, 3.05) is 5.32 Å². The molecule has 6 nitrogen and oxygen atoms in total. The normalized spacial score (nSPS) is 11.4. The molecular weight excluding hydrogens is 362 g/mol. The van der Waals surface area contributed by atoms with Gasteiger partial charge in [-0.25, -0.2) is 9.67 Å². The van der Waals surface area contributed by atoms with Gasteiger partial charge in [0.15, 0.2) is 5.65 Å². The molecule has 0 unspecified atom stereocenters. The molecule has 0 aliphatic heterocycles. The molecule has 1 aromatic carbocycles. The molecule has 0 saturated heterocycles. The summed E-state index contributed by atoms with van der Waals surface area (Å²) < 4.78 is 1.84. The Labute approximate surface area is 168 Å². The van der Waals surface area contributed by atoms with Crippen LogP contribution in [0, 0.1) is 0 Å². The van der Waals surface area contributed by atoms with Crippen molar-refractivity contribution in [2.45, 2.75) is 19.9 Å². The molecule has 0 aliphatic rings. The third-order valence-corrected chi connectivity index (χ3v) is 4.46. The lowest BCUT2D eigenvalue weighted by molar-refractivity contribution is 0.102. The Bertz CT molecular complexity index is 1180. The molecule has 0 fully saturated rings. The van der Waals surface area contributed by atoms with E-state index in [0.717, 1.165) is 28.0 Å². The van der Waals surface area contributed by atoms with Crippen molar-refractivity contribution in [1.82, 2.24) is 19.7 Å². The van der Waals surface area contributed by atoms with E-state index in [-0.39, 0.29) is 11.9 Å². The predicted octanol–water partition coefficient (Wildman–Crippen LogP) is 4.83. The van der Waals surface area contributed by atoms with Crippen LogP contribution in [0.2, 0.25) is 0 Å². The summed E-state index contributed by atoms with van der Waals surface area (Å²) >= 11 is 0. The quantitative estimate of drug-likeness (QED) is 0.536. The lowest BCUT2D eigenvalue weighted by Crippen LogP contribution is -2.12. The van der Waals surface area contributed by atoms with Gasteiger partial charge in [0.2, 0.25) is 0 Å². The van der Waals surface area contributed by atoms with E-state index in [1.807, 2.05) is 79.2 Å². The van der Waals surface area contributed by atoms with Gasteiger partial charge in [0.05, 0.1) is 17.5 Å². The maximum atomic E-state index is 12.7. The minimum absolute atomic E-state index is 0.206. The lowest BCUT2D eigenvalue weighted by atomic mass is 10.1. The monoisotopic (exact) mass is 383 g/mol. The van der Waals surface area contributed by atoms with Gasteiger partial charge in [-0.05, 0) is 55.8 Å². The number of nitrogens with zero attached hydrogens (tertiary/aromatic N) is 4. The molecule has 0 aliphatic carbocycles. The molecule has 0 atom stereocenters. The number of hydrogen-bond acceptors (Lipinski definition) is 4. The highest BCUT2D eigenvalue weighted by Crippen LogP contribution is 2.18. The van der Waals surface area contributed by atoms with Crippen LogP contribution in [0.5, 0.6) is 0 Å². The van der Waals surface area contributed by atoms with E-state index in [4.69, 9.17) is 0 Å². The summed E-state index contributed by atoms with van der Waals surface area (Å²) in [6.45, 7) is 4.09. The van der Waals surface area contributed by atoms with Crippen molar-refractivity contribution in [1.29, 1.82) is 0 Å². The molecule has 0 saturated carbocycles. The summed E-state index contributed by atoms with van der Waals surface area (Å²) in [4.78, 5) is 21.4. The topological polar surface area (TPSA) is 72.7 Å². The Morgan fingerprint density at radius 1 is 1.03 bits per heavy atom. The number of hydrogen-bond donors (Lipinski definition) is 1. The average molecular weight is 383 g/mol. The number of aromatic nitrogens is 4. The van der Waals surface area contributed by atoms with Crippen molar-refractivity contribution in [3.05, 3.63) is 83.9 Å². The number of benzene rings is 1. The summed E-state index contributed by atoms with van der Waals surface area (Å²) in [6.07, 6.45) is 8.98. The maximum absolute atomic E-state index is 12.7. The Balaban J connectivity index is 1.51. The van der Waals surface area contributed by atoms with Crippen molar-refractivity contribution < 1.29 is 4.79 Å². The number of rotatable bonds is 5. The minimum atomic E-state index is -0.206. The zero-order valence-electron chi connectivity index (χ0n) is 16.3. The van der Waals surface area contributed by atoms with Crippen molar-refractivity contribution >= 4 is 34.8 Å². The molecule has 1 amide bonds. The van der Waals surface area contributed by atoms with Gasteiger partial charge in [-0.2, -0.15) is 5.10 Å². The van der Waals surface area contributed by atoms with E-state index >= 15 is 0 Å². The molecule has 4 rings (SSSR count). The lowest BCUT2D eigenvalue weighted by Gasteiger charge is -2.08. The van der Waals surface area contributed by atoms with E-state index < -0.39 is 0 Å². The molecule has 0 spiro atoms. The Kier molecular flexibility index (Phi) is 5.16. The van der Waals surface area contributed by atoms with Crippen LogP contribution in [0.15, 0.2) is 67.1 Å². The van der Waals surface area contributed by atoms with Crippen LogP contribution in [0.4, 0.5) is 5.69 Å². The number of nitrogens with one attached hydrogen (secondary N) is 1. The first-order chi connectivity index (χ1) is 14.1. The number of carbonyl (C=O) groups is 1. The molecule has 4 aromatic rings. The average Bonchev–Trinajstić information content (AvgIpc) is 3.17. The van der Waals surface area contributed by atoms with Crippen molar-refractivity contribution in [3.8, 4) is 0 Å². The van der Waals surface area contributed by atoms with E-state index in [2.05, 4.69) is 20.4 Å². The van der Waals surface area contributed by atoms with Gasteiger partial charge in [-0.3, -0.25) is 9.78 Å². The highest BCUT2D eigenvalue weighted by atomic mass is 16.1. The largest absolute Gasteiger partial charge is 0.322 e. The number of carbonyl (C=O) groups excluding carboxylic acids is 1. The summed E-state index contributed by atoms with van der Waals surface area (Å²) in [5.74, 6) is -0.206. The van der Waals surface area contributed by atoms with Crippen LogP contribution in [0.1, 0.15) is 41.5 Å². The SMILES string of the molecule is CC(C)n1ncc2cc(C(=O)Nc3cccc(/C=C/c4ccccn4)c3)cnc21. The summed E-state index contributed by atoms with van der Waals surface area (Å²) in [6, 6.07) is 15.4. The van der Waals surface area contributed by atoms with Crippen LogP contribution in [-0.4, -0.2) is 25.7 Å². The second-order valence-electron chi connectivity index (χ2n) is 6.99. The Morgan fingerprint density at radius 2 is 1.93 bits per heavy atom. The molecule has 0 bridgehead atoms. The zero-order chi connectivity index (χ0) is 20.2. The maximum Gasteiger partial charge on any atom is 0.257 e. The molecule has 29 heavy (non-hydrogen) atoms. The fourth-order valence-corrected chi connectivity index (χ4v) is 3.02. The molecule has 3 aromatic heterocycles. The predicted molar refractivity (Wildman–Crippen MR) is 115 cm³/mol. The second kappa shape index (κ2) is 8.06. The third-order valence-electron chi connectivity index (χ3n) is 4.46. The van der Waals surface area contributed by atoms with Gasteiger partial charge in [-0.15, -0.1) is 0 Å². The molecule has 1 N–H and O–H groups in total. The summed E-state index contributed by atoms with van der Waals surface area (Å²) in [7, 11) is 0. The van der Waals surface area contributed by atoms with Crippen LogP contribution >= 0.6 is 0 Å². The fourth-order valence-electron chi connectivity index (χ4n) is 3.02. The highest BCUT2D eigenvalue weighted by molar-refractivity contribution is 6.05. The van der Waals surface area contributed by atoms with Gasteiger partial charge in [0.25, 0.3) is 5.91 Å². The standard InChI is InChI=1S/C23H21N5O/c1-16(2)28-22-18(15-26-28)13-19(14-25-22)23(29)27-21-8-5-6-17(12-21)9-10-20-7-3-4-11-24-20/h3-16H,1-2H3,(H,27,29)/b10-9+. The first-order valence-corrected chi connectivity index (χ1v) is 9.44. The van der Waals surface area contributed by atoms with Gasteiger partial charge < -0.3 is 5.32 Å². The van der Waals surface area contributed by atoms with Crippen LogP contribution in [0.25, 0.3) is 23.2 Å². The number of amides is 1. The first kappa shape index (κ1) is 18.6. The van der Waals surface area contributed by atoms with Crippen LogP contribution < -0.4 is 5.32 Å². The van der Waals surface area contributed by atoms with E-state index in [9.17, 15) is 4.79 Å².